The van der Waals surface area contributed by atoms with Crippen molar-refractivity contribution in [2.24, 2.45) is 0 Å². The number of nitriles is 1. The summed E-state index contributed by atoms with van der Waals surface area (Å²) in [5, 5.41) is 10.7. The van der Waals surface area contributed by atoms with E-state index < -0.39 is 0 Å². The van der Waals surface area contributed by atoms with Gasteiger partial charge in [-0.2, -0.15) is 5.26 Å². The van der Waals surface area contributed by atoms with Crippen molar-refractivity contribution in [3.63, 3.8) is 0 Å². The Morgan fingerprint density at radius 3 is 3.00 bits per heavy atom. The standard InChI is InChI=1S/C16H18N2/c1-3-12(10-17)15-11(2)18-9-5-7-13-6-4-8-14(15)16(13)18/h4,6,8,12H,3,5,7,9H2,1-2H3. The van der Waals surface area contributed by atoms with E-state index in [-0.39, 0.29) is 5.92 Å². The van der Waals surface area contributed by atoms with E-state index in [9.17, 15) is 5.26 Å². The predicted molar refractivity (Wildman–Crippen MR) is 73.6 cm³/mol. The summed E-state index contributed by atoms with van der Waals surface area (Å²) < 4.78 is 2.42. The molecule has 2 heterocycles. The first kappa shape index (κ1) is 11.3. The molecule has 1 aromatic carbocycles. The molecule has 0 radical (unpaired) electrons. The molecule has 2 heteroatoms. The summed E-state index contributed by atoms with van der Waals surface area (Å²) in [6.45, 7) is 5.37. The molecule has 92 valence electrons. The Bertz CT molecular complexity index is 643. The van der Waals surface area contributed by atoms with Crippen LogP contribution in [0.4, 0.5) is 0 Å². The maximum absolute atomic E-state index is 9.37. The molecule has 0 N–H and O–H groups in total. The smallest absolute Gasteiger partial charge is 0.0733 e. The molecule has 1 aliphatic heterocycles. The van der Waals surface area contributed by atoms with Crippen LogP contribution >= 0.6 is 0 Å². The second-order valence-electron chi connectivity index (χ2n) is 5.16. The van der Waals surface area contributed by atoms with Gasteiger partial charge in [-0.1, -0.05) is 25.1 Å². The van der Waals surface area contributed by atoms with Crippen LogP contribution in [0, 0.1) is 18.3 Å². The van der Waals surface area contributed by atoms with Gasteiger partial charge in [0, 0.05) is 17.6 Å². The zero-order valence-electron chi connectivity index (χ0n) is 11.0. The van der Waals surface area contributed by atoms with Crippen molar-refractivity contribution >= 4 is 10.9 Å². The summed E-state index contributed by atoms with van der Waals surface area (Å²) in [5.41, 5.74) is 5.38. The molecule has 1 unspecified atom stereocenters. The average Bonchev–Trinajstić information content (AvgIpc) is 2.69. The van der Waals surface area contributed by atoms with E-state index in [0.717, 1.165) is 13.0 Å². The van der Waals surface area contributed by atoms with Gasteiger partial charge >= 0.3 is 0 Å². The van der Waals surface area contributed by atoms with Crippen LogP contribution in [0.2, 0.25) is 0 Å². The SMILES string of the molecule is CCC(C#N)c1c(C)n2c3c(cccc13)CCC2. The zero-order chi connectivity index (χ0) is 12.7. The van der Waals surface area contributed by atoms with E-state index in [1.54, 1.807) is 0 Å². The van der Waals surface area contributed by atoms with Crippen LogP contribution in [-0.2, 0) is 13.0 Å². The number of rotatable bonds is 2. The van der Waals surface area contributed by atoms with Crippen LogP contribution in [0.15, 0.2) is 18.2 Å². The Morgan fingerprint density at radius 2 is 2.28 bits per heavy atom. The second-order valence-corrected chi connectivity index (χ2v) is 5.16. The molecule has 0 spiro atoms. The van der Waals surface area contributed by atoms with Crippen molar-refractivity contribution in [1.29, 1.82) is 5.26 Å². The molecule has 1 aliphatic rings. The molecule has 1 aromatic heterocycles. The van der Waals surface area contributed by atoms with Gasteiger partial charge in [0.2, 0.25) is 0 Å². The fourth-order valence-corrected chi connectivity index (χ4v) is 3.34. The number of aryl methyl sites for hydroxylation is 2. The molecular weight excluding hydrogens is 220 g/mol. The summed E-state index contributed by atoms with van der Waals surface area (Å²) in [7, 11) is 0. The fraction of sp³-hybridized carbons (Fsp3) is 0.438. The van der Waals surface area contributed by atoms with Gasteiger partial charge in [0.05, 0.1) is 17.5 Å². The lowest BCUT2D eigenvalue weighted by Crippen LogP contribution is -2.08. The summed E-state index contributed by atoms with van der Waals surface area (Å²) in [6.07, 6.45) is 3.27. The molecule has 2 aromatic rings. The van der Waals surface area contributed by atoms with Gasteiger partial charge in [0.25, 0.3) is 0 Å². The van der Waals surface area contributed by atoms with Crippen LogP contribution in [-0.4, -0.2) is 4.57 Å². The molecule has 18 heavy (non-hydrogen) atoms. The Labute approximate surface area is 108 Å². The van der Waals surface area contributed by atoms with E-state index >= 15 is 0 Å². The second kappa shape index (κ2) is 4.17. The lowest BCUT2D eigenvalue weighted by Gasteiger charge is -2.16. The molecule has 0 aliphatic carbocycles. The highest BCUT2D eigenvalue weighted by molar-refractivity contribution is 5.89. The third-order valence-electron chi connectivity index (χ3n) is 4.21. The van der Waals surface area contributed by atoms with E-state index in [1.807, 2.05) is 0 Å². The number of aromatic nitrogens is 1. The van der Waals surface area contributed by atoms with Crippen molar-refractivity contribution in [2.45, 2.75) is 45.6 Å². The summed E-state index contributed by atoms with van der Waals surface area (Å²) in [5.74, 6) is 0.0297. The van der Waals surface area contributed by atoms with Crippen LogP contribution in [0.5, 0.6) is 0 Å². The highest BCUT2D eigenvalue weighted by Crippen LogP contribution is 2.37. The first-order chi connectivity index (χ1) is 8.77. The molecule has 0 amide bonds. The lowest BCUT2D eigenvalue weighted by atomic mass is 9.94. The predicted octanol–water partition coefficient (Wildman–Crippen LogP) is 3.91. The summed E-state index contributed by atoms with van der Waals surface area (Å²) >= 11 is 0. The van der Waals surface area contributed by atoms with Gasteiger partial charge < -0.3 is 4.57 Å². The van der Waals surface area contributed by atoms with E-state index in [1.165, 1.54) is 40.6 Å². The Hall–Kier alpha value is -1.75. The van der Waals surface area contributed by atoms with Crippen molar-refractivity contribution in [3.05, 3.63) is 35.0 Å². The maximum atomic E-state index is 9.37. The Morgan fingerprint density at radius 1 is 1.44 bits per heavy atom. The van der Waals surface area contributed by atoms with Crippen LogP contribution in [0.25, 0.3) is 10.9 Å². The van der Waals surface area contributed by atoms with Crippen LogP contribution in [0.1, 0.15) is 42.5 Å². The first-order valence-electron chi connectivity index (χ1n) is 6.78. The zero-order valence-corrected chi connectivity index (χ0v) is 11.0. The minimum absolute atomic E-state index is 0.0297. The number of hydrogen-bond acceptors (Lipinski definition) is 1. The topological polar surface area (TPSA) is 28.7 Å². The normalized spacial score (nSPS) is 15.6. The van der Waals surface area contributed by atoms with Crippen LogP contribution < -0.4 is 0 Å². The van der Waals surface area contributed by atoms with E-state index in [4.69, 9.17) is 0 Å². The summed E-state index contributed by atoms with van der Waals surface area (Å²) in [6, 6.07) is 9.02. The maximum Gasteiger partial charge on any atom is 0.0733 e. The summed E-state index contributed by atoms with van der Waals surface area (Å²) in [4.78, 5) is 0. The Balaban J connectivity index is 2.38. The molecule has 0 bridgehead atoms. The van der Waals surface area contributed by atoms with E-state index in [0.29, 0.717) is 0 Å². The quantitative estimate of drug-likeness (QED) is 0.779. The van der Waals surface area contributed by atoms with Crippen molar-refractivity contribution in [2.75, 3.05) is 0 Å². The van der Waals surface area contributed by atoms with Crippen LogP contribution in [0.3, 0.4) is 0 Å². The third kappa shape index (κ3) is 1.40. The van der Waals surface area contributed by atoms with Crippen molar-refractivity contribution in [3.8, 4) is 6.07 Å². The largest absolute Gasteiger partial charge is 0.344 e. The van der Waals surface area contributed by atoms with Crippen molar-refractivity contribution < 1.29 is 0 Å². The first-order valence-corrected chi connectivity index (χ1v) is 6.78. The monoisotopic (exact) mass is 238 g/mol. The van der Waals surface area contributed by atoms with Gasteiger partial charge in [0.15, 0.2) is 0 Å². The minimum Gasteiger partial charge on any atom is -0.344 e. The molecule has 0 fully saturated rings. The van der Waals surface area contributed by atoms with Crippen molar-refractivity contribution in [1.82, 2.24) is 4.57 Å². The van der Waals surface area contributed by atoms with Gasteiger partial charge in [-0.3, -0.25) is 0 Å². The molecular formula is C16H18N2. The lowest BCUT2D eigenvalue weighted by molar-refractivity contribution is 0.619. The molecule has 0 saturated carbocycles. The van der Waals surface area contributed by atoms with Gasteiger partial charge in [-0.15, -0.1) is 0 Å². The molecule has 0 saturated heterocycles. The number of benzene rings is 1. The molecule has 2 nitrogen and oxygen atoms in total. The highest BCUT2D eigenvalue weighted by Gasteiger charge is 2.23. The van der Waals surface area contributed by atoms with Gasteiger partial charge in [0.1, 0.15) is 0 Å². The number of hydrogen-bond donors (Lipinski definition) is 0. The van der Waals surface area contributed by atoms with E-state index in [2.05, 4.69) is 42.7 Å². The molecule has 3 rings (SSSR count). The fourth-order valence-electron chi connectivity index (χ4n) is 3.34. The third-order valence-corrected chi connectivity index (χ3v) is 4.21. The van der Waals surface area contributed by atoms with Gasteiger partial charge in [-0.25, -0.2) is 0 Å². The minimum atomic E-state index is 0.0297. The number of para-hydroxylation sites is 1. The highest BCUT2D eigenvalue weighted by atomic mass is 15.0. The number of nitrogens with zero attached hydrogens (tertiary/aromatic N) is 2. The average molecular weight is 238 g/mol. The Kier molecular flexibility index (Phi) is 2.63. The molecule has 1 atom stereocenters. The van der Waals surface area contributed by atoms with Gasteiger partial charge in [-0.05, 0) is 37.3 Å².